The highest BCUT2D eigenvalue weighted by atomic mass is 35.5. The van der Waals surface area contributed by atoms with Gasteiger partial charge >= 0.3 is 11.4 Å². The summed E-state index contributed by atoms with van der Waals surface area (Å²) in [6.07, 6.45) is 0. The van der Waals surface area contributed by atoms with E-state index in [1.807, 2.05) is 0 Å². The Kier molecular flexibility index (Phi) is 4.58. The summed E-state index contributed by atoms with van der Waals surface area (Å²) in [6, 6.07) is 6.68. The Bertz CT molecular complexity index is 571. The van der Waals surface area contributed by atoms with Gasteiger partial charge in [-0.1, -0.05) is 12.1 Å². The second-order valence-corrected chi connectivity index (χ2v) is 4.40. The summed E-state index contributed by atoms with van der Waals surface area (Å²) < 4.78 is 4.32. The Balaban J connectivity index is 0.000000280. The van der Waals surface area contributed by atoms with E-state index in [0.29, 0.717) is 10.9 Å². The number of aromatic amines is 1. The Morgan fingerprint density at radius 1 is 1.25 bits per heavy atom. The van der Waals surface area contributed by atoms with Crippen LogP contribution in [0.3, 0.4) is 0 Å². The molecule has 0 amide bonds. The topological polar surface area (TPSA) is 63.1 Å². The smallest absolute Gasteiger partial charge is 0.372 e. The molecular weight excluding hydrogens is 253 g/mol. The highest BCUT2D eigenvalue weighted by Crippen LogP contribution is 2.01. The zero-order valence-corrected chi connectivity index (χ0v) is 9.88. The van der Waals surface area contributed by atoms with E-state index in [9.17, 15) is 9.59 Å². The second kappa shape index (κ2) is 5.72. The van der Waals surface area contributed by atoms with E-state index in [0.717, 1.165) is 0 Å². The zero-order chi connectivity index (χ0) is 12.1. The summed E-state index contributed by atoms with van der Waals surface area (Å²) in [4.78, 5) is 23.9. The third kappa shape index (κ3) is 3.72. The Labute approximate surface area is 101 Å². The lowest BCUT2D eigenvalue weighted by molar-refractivity contribution is 0.460. The molecule has 0 unspecified atom stereocenters. The quantitative estimate of drug-likeness (QED) is 0.741. The molecule has 0 atom stereocenters. The van der Waals surface area contributed by atoms with Crippen molar-refractivity contribution in [2.24, 2.45) is 0 Å². The number of hydrogen-bond donors (Lipinski definition) is 1. The predicted octanol–water partition coefficient (Wildman–Crippen LogP) is 2.29. The molecule has 0 aliphatic rings. The normalized spacial score (nSPS) is 10.0. The summed E-state index contributed by atoms with van der Waals surface area (Å²) >= 11 is 10.1. The molecule has 1 N–H and O–H groups in total. The van der Waals surface area contributed by atoms with Crippen LogP contribution in [0.25, 0.3) is 10.9 Å². The molecule has 0 aliphatic heterocycles. The highest BCUT2D eigenvalue weighted by Gasteiger charge is 1.98. The number of para-hydroxylation sites is 1. The maximum atomic E-state index is 11.0. The van der Waals surface area contributed by atoms with Crippen LogP contribution in [0.5, 0.6) is 0 Å². The van der Waals surface area contributed by atoms with Crippen LogP contribution in [0.1, 0.15) is 6.92 Å². The van der Waals surface area contributed by atoms with Crippen molar-refractivity contribution in [1.82, 2.24) is 4.98 Å². The monoisotopic (exact) mass is 261 g/mol. The Hall–Kier alpha value is -1.26. The summed E-state index contributed by atoms with van der Waals surface area (Å²) in [5, 5.41) is 0.386. The molecule has 0 aliphatic carbocycles. The van der Waals surface area contributed by atoms with Gasteiger partial charge in [0, 0.05) is 0 Å². The summed E-state index contributed by atoms with van der Waals surface area (Å²) in [6.45, 7) is 1.70. The minimum atomic E-state index is -0.723. The van der Waals surface area contributed by atoms with Crippen LogP contribution in [-0.4, -0.2) is 9.82 Å². The van der Waals surface area contributed by atoms with Crippen LogP contribution >= 0.6 is 23.2 Å². The van der Waals surface area contributed by atoms with E-state index in [1.165, 1.54) is 0 Å². The van der Waals surface area contributed by atoms with E-state index in [-0.39, 0.29) is 4.84 Å². The van der Waals surface area contributed by atoms with Crippen LogP contribution in [0.15, 0.2) is 38.3 Å². The van der Waals surface area contributed by atoms with Crippen LogP contribution in [0.2, 0.25) is 0 Å². The minimum absolute atomic E-state index is 0.222. The lowest BCUT2D eigenvalue weighted by Gasteiger charge is -1.91. The first kappa shape index (κ1) is 12.8. The molecule has 6 heteroatoms. The number of H-pyrrole nitrogens is 1. The van der Waals surface area contributed by atoms with Gasteiger partial charge in [0.15, 0.2) is 0 Å². The van der Waals surface area contributed by atoms with E-state index >= 15 is 0 Å². The van der Waals surface area contributed by atoms with Gasteiger partial charge in [-0.05, 0) is 19.1 Å². The van der Waals surface area contributed by atoms with E-state index in [4.69, 9.17) is 23.2 Å². The maximum absolute atomic E-state index is 11.0. The first-order valence-corrected chi connectivity index (χ1v) is 5.28. The lowest BCUT2D eigenvalue weighted by Crippen LogP contribution is -2.13. The molecular formula is C10H9Cl2NO3. The Morgan fingerprint density at radius 3 is 2.44 bits per heavy atom. The second-order valence-electron chi connectivity index (χ2n) is 2.87. The SMILES string of the molecule is CC(Cl)Cl.O=c1[nH]c2ccccc2c(=O)o1. The molecule has 2 aromatic rings. The van der Waals surface area contributed by atoms with Crippen LogP contribution in [-0.2, 0) is 0 Å². The number of rotatable bonds is 0. The molecule has 0 spiro atoms. The van der Waals surface area contributed by atoms with Crippen molar-refractivity contribution in [3.63, 3.8) is 0 Å². The Morgan fingerprint density at radius 2 is 1.81 bits per heavy atom. The number of hydrogen-bond acceptors (Lipinski definition) is 3. The zero-order valence-electron chi connectivity index (χ0n) is 8.37. The average Bonchev–Trinajstić information content (AvgIpc) is 2.16. The average molecular weight is 262 g/mol. The standard InChI is InChI=1S/C8H5NO3.C2H4Cl2/c10-7-5-3-1-2-4-6(5)9-8(11)12-7;1-2(3)4/h1-4H,(H,9,11);2H,1H3. The molecule has 86 valence electrons. The molecule has 0 bridgehead atoms. The van der Waals surface area contributed by atoms with Gasteiger partial charge in [0.05, 0.1) is 10.9 Å². The van der Waals surface area contributed by atoms with Crippen LogP contribution < -0.4 is 11.4 Å². The van der Waals surface area contributed by atoms with Crippen molar-refractivity contribution >= 4 is 34.1 Å². The summed E-state index contributed by atoms with van der Waals surface area (Å²) in [7, 11) is 0. The molecule has 2 rings (SSSR count). The fraction of sp³-hybridized carbons (Fsp3) is 0.200. The number of nitrogens with one attached hydrogen (secondary N) is 1. The molecule has 1 aromatic carbocycles. The van der Waals surface area contributed by atoms with Gasteiger partial charge in [-0.2, -0.15) is 0 Å². The third-order valence-electron chi connectivity index (χ3n) is 1.57. The predicted molar refractivity (Wildman–Crippen MR) is 64.3 cm³/mol. The molecule has 0 saturated heterocycles. The summed E-state index contributed by atoms with van der Waals surface area (Å²) in [5.74, 6) is -0.723. The van der Waals surface area contributed by atoms with Crippen molar-refractivity contribution < 1.29 is 4.42 Å². The van der Waals surface area contributed by atoms with Crippen molar-refractivity contribution in [1.29, 1.82) is 0 Å². The molecule has 0 fully saturated rings. The highest BCUT2D eigenvalue weighted by molar-refractivity contribution is 6.43. The van der Waals surface area contributed by atoms with E-state index < -0.39 is 11.4 Å². The number of aromatic nitrogens is 1. The molecule has 0 radical (unpaired) electrons. The molecule has 0 saturated carbocycles. The van der Waals surface area contributed by atoms with Crippen LogP contribution in [0.4, 0.5) is 0 Å². The van der Waals surface area contributed by atoms with Crippen molar-refractivity contribution in [2.75, 3.05) is 0 Å². The largest absolute Gasteiger partial charge is 0.419 e. The number of halogens is 2. The fourth-order valence-electron chi connectivity index (χ4n) is 1.04. The van der Waals surface area contributed by atoms with Crippen molar-refractivity contribution in [2.45, 2.75) is 11.8 Å². The number of benzene rings is 1. The molecule has 16 heavy (non-hydrogen) atoms. The van der Waals surface area contributed by atoms with Gasteiger partial charge in [-0.15, -0.1) is 23.2 Å². The van der Waals surface area contributed by atoms with Gasteiger partial charge in [0.2, 0.25) is 0 Å². The van der Waals surface area contributed by atoms with Gasteiger partial charge in [-0.3, -0.25) is 4.98 Å². The molecule has 4 nitrogen and oxygen atoms in total. The number of fused-ring (bicyclic) bond motifs is 1. The van der Waals surface area contributed by atoms with Gasteiger partial charge in [-0.25, -0.2) is 9.59 Å². The maximum Gasteiger partial charge on any atom is 0.419 e. The van der Waals surface area contributed by atoms with Crippen molar-refractivity contribution in [3.8, 4) is 0 Å². The van der Waals surface area contributed by atoms with Gasteiger partial charge in [0.25, 0.3) is 0 Å². The van der Waals surface area contributed by atoms with E-state index in [1.54, 1.807) is 31.2 Å². The minimum Gasteiger partial charge on any atom is -0.372 e. The fourth-order valence-corrected chi connectivity index (χ4v) is 1.04. The summed E-state index contributed by atoms with van der Waals surface area (Å²) in [5.41, 5.74) is -0.104. The number of alkyl halides is 2. The molecule has 1 aromatic heterocycles. The lowest BCUT2D eigenvalue weighted by atomic mass is 10.2. The van der Waals surface area contributed by atoms with Gasteiger partial charge in [0.1, 0.15) is 4.84 Å². The van der Waals surface area contributed by atoms with Gasteiger partial charge < -0.3 is 4.42 Å². The van der Waals surface area contributed by atoms with E-state index in [2.05, 4.69) is 9.40 Å². The first-order chi connectivity index (χ1) is 7.50. The molecule has 1 heterocycles. The third-order valence-corrected chi connectivity index (χ3v) is 1.57. The van der Waals surface area contributed by atoms with Crippen molar-refractivity contribution in [3.05, 3.63) is 45.2 Å². The van der Waals surface area contributed by atoms with Crippen LogP contribution in [0, 0.1) is 0 Å². The first-order valence-electron chi connectivity index (χ1n) is 4.41.